The maximum Gasteiger partial charge on any atom is 0.416 e. The maximum atomic E-state index is 13.4. The Labute approximate surface area is 194 Å². The van der Waals surface area contributed by atoms with Crippen LogP contribution in [-0.4, -0.2) is 11.3 Å². The number of alkyl halides is 3. The molecule has 0 amide bonds. The fraction of sp³-hybridized carbons (Fsp3) is 0.111. The van der Waals surface area contributed by atoms with Gasteiger partial charge in [-0.15, -0.1) is 0 Å². The van der Waals surface area contributed by atoms with E-state index in [1.165, 1.54) is 0 Å². The number of pyridine rings is 1. The van der Waals surface area contributed by atoms with Crippen LogP contribution in [-0.2, 0) is 19.4 Å². The van der Waals surface area contributed by atoms with Gasteiger partial charge in [0.25, 0.3) is 0 Å². The third-order valence-corrected chi connectivity index (χ3v) is 5.08. The Morgan fingerprint density at radius 2 is 1.35 bits per heavy atom. The number of hydrogen-bond acceptors (Lipinski definition) is 4. The molecule has 4 nitrogen and oxygen atoms in total. The SMILES string of the molecule is O=Cc1ccc(C(F)(F)F)cc1-c1ccc(OCc2ccccc2)nc1OCc1ccccc1. The van der Waals surface area contributed by atoms with Crippen LogP contribution in [0.15, 0.2) is 91.0 Å². The van der Waals surface area contributed by atoms with Crippen LogP contribution in [0.4, 0.5) is 13.2 Å². The van der Waals surface area contributed by atoms with Crippen LogP contribution in [0.3, 0.4) is 0 Å². The molecule has 0 saturated heterocycles. The fourth-order valence-electron chi connectivity index (χ4n) is 3.34. The summed E-state index contributed by atoms with van der Waals surface area (Å²) in [6.07, 6.45) is -4.05. The van der Waals surface area contributed by atoms with E-state index < -0.39 is 11.7 Å². The molecule has 0 fully saturated rings. The summed E-state index contributed by atoms with van der Waals surface area (Å²) in [5.74, 6) is 0.312. The van der Waals surface area contributed by atoms with Crippen molar-refractivity contribution in [1.82, 2.24) is 4.98 Å². The van der Waals surface area contributed by atoms with Crippen LogP contribution in [0.2, 0.25) is 0 Å². The van der Waals surface area contributed by atoms with Gasteiger partial charge in [0, 0.05) is 17.2 Å². The van der Waals surface area contributed by atoms with E-state index in [4.69, 9.17) is 9.47 Å². The lowest BCUT2D eigenvalue weighted by Crippen LogP contribution is -2.07. The molecule has 0 aliphatic carbocycles. The Morgan fingerprint density at radius 3 is 1.94 bits per heavy atom. The molecule has 0 bridgehead atoms. The van der Waals surface area contributed by atoms with Crippen molar-refractivity contribution in [3.05, 3.63) is 113 Å². The van der Waals surface area contributed by atoms with Gasteiger partial charge in [0.1, 0.15) is 13.2 Å². The van der Waals surface area contributed by atoms with Crippen molar-refractivity contribution in [1.29, 1.82) is 0 Å². The predicted molar refractivity (Wildman–Crippen MR) is 122 cm³/mol. The summed E-state index contributed by atoms with van der Waals surface area (Å²) in [4.78, 5) is 16.0. The van der Waals surface area contributed by atoms with Crippen molar-refractivity contribution in [3.63, 3.8) is 0 Å². The Kier molecular flexibility index (Phi) is 6.92. The molecule has 0 aliphatic rings. The lowest BCUT2D eigenvalue weighted by Gasteiger charge is -2.16. The minimum Gasteiger partial charge on any atom is -0.473 e. The average molecular weight is 463 g/mol. The molecular weight excluding hydrogens is 443 g/mol. The van der Waals surface area contributed by atoms with Crippen molar-refractivity contribution in [2.45, 2.75) is 19.4 Å². The highest BCUT2D eigenvalue weighted by molar-refractivity contribution is 5.89. The highest BCUT2D eigenvalue weighted by Crippen LogP contribution is 2.37. The molecule has 34 heavy (non-hydrogen) atoms. The van der Waals surface area contributed by atoms with Gasteiger partial charge < -0.3 is 9.47 Å². The van der Waals surface area contributed by atoms with E-state index in [9.17, 15) is 18.0 Å². The predicted octanol–water partition coefficient (Wildman–Crippen LogP) is 6.74. The molecule has 0 saturated carbocycles. The minimum atomic E-state index is -4.56. The van der Waals surface area contributed by atoms with Crippen LogP contribution in [0.5, 0.6) is 11.8 Å². The van der Waals surface area contributed by atoms with Gasteiger partial charge in [-0.2, -0.15) is 18.2 Å². The number of ether oxygens (including phenoxy) is 2. The van der Waals surface area contributed by atoms with Gasteiger partial charge in [0.05, 0.1) is 5.56 Å². The van der Waals surface area contributed by atoms with Gasteiger partial charge in [0.2, 0.25) is 11.8 Å². The molecule has 3 aromatic carbocycles. The first kappa shape index (κ1) is 23.0. The maximum absolute atomic E-state index is 13.4. The number of carbonyl (C=O) groups excluding carboxylic acids is 1. The normalized spacial score (nSPS) is 11.1. The number of nitrogens with zero attached hydrogens (tertiary/aromatic N) is 1. The zero-order valence-corrected chi connectivity index (χ0v) is 18.0. The van der Waals surface area contributed by atoms with Crippen LogP contribution in [0.25, 0.3) is 11.1 Å². The summed E-state index contributed by atoms with van der Waals surface area (Å²) in [6, 6.07) is 24.8. The molecule has 172 valence electrons. The second-order valence-corrected chi connectivity index (χ2v) is 7.47. The third-order valence-electron chi connectivity index (χ3n) is 5.08. The number of rotatable bonds is 8. The van der Waals surface area contributed by atoms with E-state index >= 15 is 0 Å². The summed E-state index contributed by atoms with van der Waals surface area (Å²) < 4.78 is 51.8. The molecule has 1 aromatic heterocycles. The minimum absolute atomic E-state index is 0.0665. The summed E-state index contributed by atoms with van der Waals surface area (Å²) in [5.41, 5.74) is 1.35. The number of carbonyl (C=O) groups is 1. The van der Waals surface area contributed by atoms with Gasteiger partial charge >= 0.3 is 6.18 Å². The molecule has 0 N–H and O–H groups in total. The molecular formula is C27H20F3NO3. The smallest absolute Gasteiger partial charge is 0.416 e. The first-order chi connectivity index (χ1) is 16.4. The summed E-state index contributed by atoms with van der Waals surface area (Å²) in [5, 5.41) is 0. The van der Waals surface area contributed by atoms with E-state index in [1.807, 2.05) is 60.7 Å². The Balaban J connectivity index is 1.71. The van der Waals surface area contributed by atoms with Crippen LogP contribution in [0, 0.1) is 0 Å². The number of halogens is 3. The molecule has 4 aromatic rings. The van der Waals surface area contributed by atoms with Crippen molar-refractivity contribution in [3.8, 4) is 22.9 Å². The molecule has 4 rings (SSSR count). The van der Waals surface area contributed by atoms with Crippen molar-refractivity contribution in [2.75, 3.05) is 0 Å². The van der Waals surface area contributed by atoms with Gasteiger partial charge in [-0.05, 0) is 34.9 Å². The molecule has 0 unspecified atom stereocenters. The number of aldehydes is 1. The molecule has 7 heteroatoms. The van der Waals surface area contributed by atoms with Crippen LogP contribution in [0.1, 0.15) is 27.0 Å². The summed E-state index contributed by atoms with van der Waals surface area (Å²) in [6.45, 7) is 0.396. The summed E-state index contributed by atoms with van der Waals surface area (Å²) in [7, 11) is 0. The van der Waals surface area contributed by atoms with E-state index in [0.29, 0.717) is 6.29 Å². The lowest BCUT2D eigenvalue weighted by molar-refractivity contribution is -0.137. The van der Waals surface area contributed by atoms with E-state index in [1.54, 1.807) is 12.1 Å². The summed E-state index contributed by atoms with van der Waals surface area (Å²) >= 11 is 0. The van der Waals surface area contributed by atoms with Gasteiger partial charge in [-0.3, -0.25) is 4.79 Å². The first-order valence-electron chi connectivity index (χ1n) is 10.5. The number of hydrogen-bond donors (Lipinski definition) is 0. The fourth-order valence-corrected chi connectivity index (χ4v) is 3.34. The van der Waals surface area contributed by atoms with E-state index in [2.05, 4.69) is 4.98 Å². The highest BCUT2D eigenvalue weighted by atomic mass is 19.4. The monoisotopic (exact) mass is 463 g/mol. The first-order valence-corrected chi connectivity index (χ1v) is 10.5. The zero-order chi connectivity index (χ0) is 24.0. The van der Waals surface area contributed by atoms with Crippen LogP contribution < -0.4 is 9.47 Å². The highest BCUT2D eigenvalue weighted by Gasteiger charge is 2.31. The Morgan fingerprint density at radius 1 is 0.735 bits per heavy atom. The molecule has 0 radical (unpaired) electrons. The zero-order valence-electron chi connectivity index (χ0n) is 18.0. The topological polar surface area (TPSA) is 48.4 Å². The van der Waals surface area contributed by atoms with E-state index in [0.717, 1.165) is 29.3 Å². The molecule has 0 spiro atoms. The van der Waals surface area contributed by atoms with Gasteiger partial charge in [-0.1, -0.05) is 66.7 Å². The molecule has 1 heterocycles. The van der Waals surface area contributed by atoms with Gasteiger partial charge in [-0.25, -0.2) is 0 Å². The quantitative estimate of drug-likeness (QED) is 0.272. The van der Waals surface area contributed by atoms with Crippen molar-refractivity contribution < 1.29 is 27.4 Å². The largest absolute Gasteiger partial charge is 0.473 e. The van der Waals surface area contributed by atoms with E-state index in [-0.39, 0.29) is 41.7 Å². The van der Waals surface area contributed by atoms with Crippen LogP contribution >= 0.6 is 0 Å². The number of aromatic nitrogens is 1. The van der Waals surface area contributed by atoms with Gasteiger partial charge in [0.15, 0.2) is 6.29 Å². The number of benzene rings is 3. The average Bonchev–Trinajstić information content (AvgIpc) is 2.86. The molecule has 0 atom stereocenters. The third kappa shape index (κ3) is 5.61. The Hall–Kier alpha value is -4.13. The lowest BCUT2D eigenvalue weighted by atomic mass is 9.98. The Bertz CT molecular complexity index is 1260. The molecule has 0 aliphatic heterocycles. The van der Waals surface area contributed by atoms with Crippen molar-refractivity contribution >= 4 is 6.29 Å². The second-order valence-electron chi connectivity index (χ2n) is 7.47. The van der Waals surface area contributed by atoms with Crippen molar-refractivity contribution in [2.24, 2.45) is 0 Å². The second kappa shape index (κ2) is 10.2. The standard InChI is InChI=1S/C27H20F3NO3/c28-27(29,30)22-12-11-21(16-32)24(15-22)23-13-14-25(33-17-19-7-3-1-4-8-19)31-26(23)34-18-20-9-5-2-6-10-20/h1-16H,17-18H2.